The van der Waals surface area contributed by atoms with Gasteiger partial charge in [-0.25, -0.2) is 9.69 Å². The molecule has 0 bridgehead atoms. The van der Waals surface area contributed by atoms with Gasteiger partial charge in [0.15, 0.2) is 6.29 Å². The first-order chi connectivity index (χ1) is 13.6. The van der Waals surface area contributed by atoms with E-state index in [2.05, 4.69) is 4.84 Å². The zero-order valence-corrected chi connectivity index (χ0v) is 16.3. The molecule has 4 N–H and O–H groups in total. The van der Waals surface area contributed by atoms with Crippen molar-refractivity contribution >= 4 is 11.7 Å². The van der Waals surface area contributed by atoms with Crippen molar-refractivity contribution in [2.75, 3.05) is 11.6 Å². The number of hydrogen-bond donors (Lipinski definition) is 2. The van der Waals surface area contributed by atoms with Gasteiger partial charge in [0.05, 0.1) is 11.9 Å². The van der Waals surface area contributed by atoms with Crippen LogP contribution in [0.3, 0.4) is 0 Å². The molecule has 1 aliphatic rings. The van der Waals surface area contributed by atoms with Gasteiger partial charge in [-0.1, -0.05) is 37.3 Å². The maximum atomic E-state index is 12.8. The van der Waals surface area contributed by atoms with Gasteiger partial charge in [-0.15, -0.1) is 0 Å². The van der Waals surface area contributed by atoms with Crippen LogP contribution in [-0.4, -0.2) is 29.9 Å². The lowest BCUT2D eigenvalue weighted by atomic mass is 9.93. The number of benzene rings is 2. The molecule has 2 aromatic carbocycles. The van der Waals surface area contributed by atoms with Crippen LogP contribution in [0.4, 0.5) is 18.9 Å². The standard InChI is InChI=1S/C20H23F3N4O2/c1-4-26-17(24)14-9-8-13(16-11(2)6-5-7-12(16)3)10-15(14)27(19(26)25)29-18(28)20(21,22)23/h5-10,17,19H,4,24-25H2,1-3H3. The fourth-order valence-electron chi connectivity index (χ4n) is 3.66. The fourth-order valence-corrected chi connectivity index (χ4v) is 3.66. The zero-order valence-electron chi connectivity index (χ0n) is 16.3. The maximum absolute atomic E-state index is 12.8. The molecule has 0 saturated carbocycles. The van der Waals surface area contributed by atoms with Crippen LogP contribution in [0.5, 0.6) is 0 Å². The van der Waals surface area contributed by atoms with Crippen molar-refractivity contribution in [3.05, 3.63) is 53.1 Å². The zero-order chi connectivity index (χ0) is 21.5. The van der Waals surface area contributed by atoms with Gasteiger partial charge in [0.1, 0.15) is 0 Å². The third kappa shape index (κ3) is 3.81. The summed E-state index contributed by atoms with van der Waals surface area (Å²) in [4.78, 5) is 17.7. The normalized spacial score (nSPS) is 19.8. The van der Waals surface area contributed by atoms with Crippen LogP contribution in [0.15, 0.2) is 36.4 Å². The van der Waals surface area contributed by atoms with Gasteiger partial charge in [-0.05, 0) is 42.2 Å². The summed E-state index contributed by atoms with van der Waals surface area (Å²) in [5, 5.41) is 0.787. The van der Waals surface area contributed by atoms with Crippen molar-refractivity contribution in [3.8, 4) is 11.1 Å². The monoisotopic (exact) mass is 408 g/mol. The predicted octanol–water partition coefficient (Wildman–Crippen LogP) is 3.33. The van der Waals surface area contributed by atoms with Crippen LogP contribution in [-0.2, 0) is 9.63 Å². The highest BCUT2D eigenvalue weighted by atomic mass is 19.4. The Balaban J connectivity index is 2.14. The van der Waals surface area contributed by atoms with E-state index in [9.17, 15) is 18.0 Å². The number of anilines is 1. The highest BCUT2D eigenvalue weighted by Crippen LogP contribution is 2.39. The number of alkyl halides is 3. The highest BCUT2D eigenvalue weighted by Gasteiger charge is 2.46. The Kier molecular flexibility index (Phi) is 5.57. The maximum Gasteiger partial charge on any atom is 0.493 e. The molecule has 1 heterocycles. The fraction of sp³-hybridized carbons (Fsp3) is 0.350. The van der Waals surface area contributed by atoms with Crippen LogP contribution >= 0.6 is 0 Å². The molecule has 6 nitrogen and oxygen atoms in total. The van der Waals surface area contributed by atoms with E-state index < -0.39 is 24.6 Å². The molecule has 9 heteroatoms. The summed E-state index contributed by atoms with van der Waals surface area (Å²) >= 11 is 0. The summed E-state index contributed by atoms with van der Waals surface area (Å²) in [6.45, 7) is 6.00. The minimum absolute atomic E-state index is 0.229. The average molecular weight is 408 g/mol. The summed E-state index contributed by atoms with van der Waals surface area (Å²) < 4.78 is 38.5. The molecule has 2 atom stereocenters. The molecule has 0 saturated heterocycles. The van der Waals surface area contributed by atoms with Gasteiger partial charge in [0.25, 0.3) is 0 Å². The van der Waals surface area contributed by atoms with Gasteiger partial charge in [-0.3, -0.25) is 5.73 Å². The second kappa shape index (κ2) is 7.66. The number of hydroxylamine groups is 1. The first kappa shape index (κ1) is 21.1. The number of nitrogens with zero attached hydrogens (tertiary/aromatic N) is 2. The average Bonchev–Trinajstić information content (AvgIpc) is 2.64. The smallest absolute Gasteiger partial charge is 0.329 e. The number of halogens is 3. The summed E-state index contributed by atoms with van der Waals surface area (Å²) in [6, 6.07) is 11.0. The Labute approximate surface area is 166 Å². The van der Waals surface area contributed by atoms with E-state index >= 15 is 0 Å². The Hall–Kier alpha value is -2.62. The first-order valence-corrected chi connectivity index (χ1v) is 9.12. The van der Waals surface area contributed by atoms with Crippen molar-refractivity contribution in [2.24, 2.45) is 11.5 Å². The van der Waals surface area contributed by atoms with Crippen molar-refractivity contribution in [2.45, 2.75) is 39.4 Å². The summed E-state index contributed by atoms with van der Waals surface area (Å²) in [5.41, 5.74) is 16.8. The van der Waals surface area contributed by atoms with E-state index in [1.165, 1.54) is 4.90 Å². The minimum atomic E-state index is -5.15. The third-order valence-electron chi connectivity index (χ3n) is 5.07. The van der Waals surface area contributed by atoms with E-state index in [-0.39, 0.29) is 5.69 Å². The third-order valence-corrected chi connectivity index (χ3v) is 5.07. The molecule has 0 fully saturated rings. The molecule has 0 spiro atoms. The lowest BCUT2D eigenvalue weighted by molar-refractivity contribution is -0.204. The SMILES string of the molecule is CCN1C(N)c2ccc(-c3c(C)cccc3C)cc2N(OC(=O)C(F)(F)F)C1N. The molecule has 2 aromatic rings. The van der Waals surface area contributed by atoms with E-state index in [0.717, 1.165) is 27.3 Å². The summed E-state index contributed by atoms with van der Waals surface area (Å²) in [6.07, 6.45) is -6.97. The van der Waals surface area contributed by atoms with Crippen molar-refractivity contribution in [1.29, 1.82) is 0 Å². The molecule has 0 aromatic heterocycles. The van der Waals surface area contributed by atoms with Crippen LogP contribution < -0.4 is 16.5 Å². The van der Waals surface area contributed by atoms with Crippen molar-refractivity contribution < 1.29 is 22.8 Å². The molecule has 2 unspecified atom stereocenters. The van der Waals surface area contributed by atoms with Gasteiger partial charge >= 0.3 is 12.1 Å². The summed E-state index contributed by atoms with van der Waals surface area (Å²) in [7, 11) is 0. The molecule has 0 amide bonds. The number of carbonyl (C=O) groups excluding carboxylic acids is 1. The Morgan fingerprint density at radius 1 is 1.14 bits per heavy atom. The number of fused-ring (bicyclic) bond motifs is 1. The van der Waals surface area contributed by atoms with Crippen molar-refractivity contribution in [3.63, 3.8) is 0 Å². The van der Waals surface area contributed by atoms with E-state index in [1.807, 2.05) is 38.1 Å². The van der Waals surface area contributed by atoms with Gasteiger partial charge in [0.2, 0.25) is 0 Å². The van der Waals surface area contributed by atoms with Crippen LogP contribution in [0, 0.1) is 13.8 Å². The lowest BCUT2D eigenvalue weighted by Gasteiger charge is -2.45. The largest absolute Gasteiger partial charge is 0.493 e. The van der Waals surface area contributed by atoms with Crippen LogP contribution in [0.25, 0.3) is 11.1 Å². The van der Waals surface area contributed by atoms with E-state index in [1.54, 1.807) is 19.1 Å². The Bertz CT molecular complexity index is 912. The summed E-state index contributed by atoms with van der Waals surface area (Å²) in [5.74, 6) is -2.34. The molecule has 156 valence electrons. The number of aryl methyl sites for hydroxylation is 2. The van der Waals surface area contributed by atoms with Crippen molar-refractivity contribution in [1.82, 2.24) is 4.90 Å². The highest BCUT2D eigenvalue weighted by molar-refractivity contribution is 5.79. The number of nitrogens with two attached hydrogens (primary N) is 2. The second-order valence-electron chi connectivity index (χ2n) is 6.93. The molecule has 0 aliphatic carbocycles. The van der Waals surface area contributed by atoms with E-state index in [0.29, 0.717) is 12.1 Å². The Morgan fingerprint density at radius 2 is 1.76 bits per heavy atom. The number of hydrogen-bond acceptors (Lipinski definition) is 6. The molecule has 29 heavy (non-hydrogen) atoms. The number of carbonyl (C=O) groups is 1. The van der Waals surface area contributed by atoms with Crippen LogP contribution in [0.1, 0.15) is 29.8 Å². The predicted molar refractivity (Wildman–Crippen MR) is 103 cm³/mol. The van der Waals surface area contributed by atoms with Crippen LogP contribution in [0.2, 0.25) is 0 Å². The second-order valence-corrected chi connectivity index (χ2v) is 6.93. The van der Waals surface area contributed by atoms with Gasteiger partial charge in [-0.2, -0.15) is 18.2 Å². The molecule has 0 radical (unpaired) electrons. The molecule has 3 rings (SSSR count). The van der Waals surface area contributed by atoms with E-state index in [4.69, 9.17) is 11.5 Å². The topological polar surface area (TPSA) is 84.8 Å². The Morgan fingerprint density at radius 3 is 2.31 bits per heavy atom. The van der Waals surface area contributed by atoms with Gasteiger partial charge in [0, 0.05) is 12.1 Å². The molecular formula is C20H23F3N4O2. The minimum Gasteiger partial charge on any atom is -0.329 e. The first-order valence-electron chi connectivity index (χ1n) is 9.12. The number of rotatable bonds is 3. The molecule has 1 aliphatic heterocycles. The molecular weight excluding hydrogens is 385 g/mol. The quantitative estimate of drug-likeness (QED) is 0.811. The lowest BCUT2D eigenvalue weighted by Crippen LogP contribution is -2.61. The van der Waals surface area contributed by atoms with Gasteiger partial charge < -0.3 is 10.6 Å².